The van der Waals surface area contributed by atoms with Gasteiger partial charge in [-0.15, -0.1) is 11.3 Å². The molecule has 0 aliphatic rings. The van der Waals surface area contributed by atoms with Gasteiger partial charge in [0.15, 0.2) is 5.76 Å². The number of amides is 1. The lowest BCUT2D eigenvalue weighted by Crippen LogP contribution is -2.25. The Morgan fingerprint density at radius 3 is 2.68 bits per heavy atom. The molecule has 0 saturated heterocycles. The molecule has 1 amide bonds. The van der Waals surface area contributed by atoms with Crippen LogP contribution in [0.1, 0.15) is 59.7 Å². The third kappa shape index (κ3) is 6.67. The molecule has 1 N–H and O–H groups in total. The van der Waals surface area contributed by atoms with Gasteiger partial charge < -0.3 is 9.73 Å². The van der Waals surface area contributed by atoms with E-state index in [2.05, 4.69) is 43.1 Å². The van der Waals surface area contributed by atoms with Crippen molar-refractivity contribution in [2.75, 3.05) is 13.1 Å². The van der Waals surface area contributed by atoms with E-state index in [4.69, 9.17) is 4.42 Å². The number of carbonyl (C=O) groups is 1. The average Bonchev–Trinajstić information content (AvgIpc) is 3.19. The molecule has 0 aliphatic carbocycles. The lowest BCUT2D eigenvalue weighted by molar-refractivity contribution is 0.0921. The van der Waals surface area contributed by atoms with Crippen LogP contribution < -0.4 is 5.32 Å². The number of carbonyl (C=O) groups excluding carboxylic acids is 1. The van der Waals surface area contributed by atoms with Crippen LogP contribution in [0.25, 0.3) is 0 Å². The summed E-state index contributed by atoms with van der Waals surface area (Å²) in [6.07, 6.45) is 2.07. The monoisotopic (exact) mass is 362 g/mol. The molecular formula is C20H30N2O2S. The number of hydrogen-bond acceptors (Lipinski definition) is 4. The van der Waals surface area contributed by atoms with Gasteiger partial charge in [-0.05, 0) is 56.5 Å². The number of rotatable bonds is 10. The average molecular weight is 363 g/mol. The Bertz CT molecular complexity index is 660. The third-order valence-electron chi connectivity index (χ3n) is 4.00. The molecular weight excluding hydrogens is 332 g/mol. The minimum atomic E-state index is -0.129. The van der Waals surface area contributed by atoms with Crippen molar-refractivity contribution < 1.29 is 9.21 Å². The Morgan fingerprint density at radius 1 is 1.24 bits per heavy atom. The van der Waals surface area contributed by atoms with Crippen LogP contribution in [0, 0.1) is 12.8 Å². The molecule has 2 heterocycles. The molecule has 0 bridgehead atoms. The van der Waals surface area contributed by atoms with Gasteiger partial charge in [0.2, 0.25) is 0 Å². The second-order valence-electron chi connectivity index (χ2n) is 6.93. The predicted molar refractivity (Wildman–Crippen MR) is 104 cm³/mol. The van der Waals surface area contributed by atoms with Gasteiger partial charge in [-0.25, -0.2) is 0 Å². The highest BCUT2D eigenvalue weighted by Crippen LogP contribution is 2.20. The summed E-state index contributed by atoms with van der Waals surface area (Å²) < 4.78 is 5.77. The summed E-state index contributed by atoms with van der Waals surface area (Å²) in [5.41, 5.74) is 0. The number of aryl methyl sites for hydroxylation is 1. The number of hydrogen-bond donors (Lipinski definition) is 1. The van der Waals surface area contributed by atoms with Crippen LogP contribution in [0.5, 0.6) is 0 Å². The van der Waals surface area contributed by atoms with Crippen molar-refractivity contribution in [3.05, 3.63) is 45.5 Å². The standard InChI is InChI=1S/C20H30N2O2S/c1-5-11-21-20(23)19-9-7-17(24-19)13-22(12-10-15(2)3)14-18-8-6-16(4)25-18/h6-9,15H,5,10-14H2,1-4H3,(H,21,23). The topological polar surface area (TPSA) is 45.5 Å². The van der Waals surface area contributed by atoms with E-state index in [0.29, 0.717) is 18.2 Å². The predicted octanol–water partition coefficient (Wildman–Crippen LogP) is 4.84. The number of furan rings is 1. The van der Waals surface area contributed by atoms with Gasteiger partial charge in [0.05, 0.1) is 6.54 Å². The molecule has 0 saturated carbocycles. The van der Waals surface area contributed by atoms with Crippen molar-refractivity contribution in [2.45, 2.75) is 53.6 Å². The molecule has 0 aromatic carbocycles. The molecule has 2 rings (SSSR count). The van der Waals surface area contributed by atoms with E-state index in [-0.39, 0.29) is 5.91 Å². The van der Waals surface area contributed by atoms with E-state index >= 15 is 0 Å². The largest absolute Gasteiger partial charge is 0.455 e. The van der Waals surface area contributed by atoms with Crippen molar-refractivity contribution in [3.63, 3.8) is 0 Å². The second kappa shape index (κ2) is 9.78. The summed E-state index contributed by atoms with van der Waals surface area (Å²) in [6, 6.07) is 8.07. The highest BCUT2D eigenvalue weighted by molar-refractivity contribution is 7.11. The maximum atomic E-state index is 12.0. The zero-order chi connectivity index (χ0) is 18.2. The third-order valence-corrected chi connectivity index (χ3v) is 4.98. The lowest BCUT2D eigenvalue weighted by Gasteiger charge is -2.21. The molecule has 138 valence electrons. The summed E-state index contributed by atoms with van der Waals surface area (Å²) >= 11 is 1.84. The van der Waals surface area contributed by atoms with Crippen molar-refractivity contribution in [2.24, 2.45) is 5.92 Å². The Balaban J connectivity index is 2.00. The van der Waals surface area contributed by atoms with Crippen LogP contribution in [-0.4, -0.2) is 23.9 Å². The Labute approximate surface area is 155 Å². The first kappa shape index (κ1) is 19.7. The van der Waals surface area contributed by atoms with E-state index < -0.39 is 0 Å². The number of thiophene rings is 1. The molecule has 25 heavy (non-hydrogen) atoms. The van der Waals surface area contributed by atoms with Gasteiger partial charge in [-0.2, -0.15) is 0 Å². The van der Waals surface area contributed by atoms with Crippen LogP contribution in [0.4, 0.5) is 0 Å². The van der Waals surface area contributed by atoms with Crippen LogP contribution in [0.2, 0.25) is 0 Å². The van der Waals surface area contributed by atoms with Gasteiger partial charge in [-0.3, -0.25) is 9.69 Å². The summed E-state index contributed by atoms with van der Waals surface area (Å²) in [5, 5.41) is 2.85. The van der Waals surface area contributed by atoms with Crippen molar-refractivity contribution in [1.82, 2.24) is 10.2 Å². The molecule has 4 nitrogen and oxygen atoms in total. The smallest absolute Gasteiger partial charge is 0.286 e. The number of nitrogens with zero attached hydrogens (tertiary/aromatic N) is 1. The molecule has 2 aromatic heterocycles. The first-order chi connectivity index (χ1) is 12.0. The maximum Gasteiger partial charge on any atom is 0.286 e. The van der Waals surface area contributed by atoms with Crippen LogP contribution in [0.3, 0.4) is 0 Å². The van der Waals surface area contributed by atoms with Gasteiger partial charge in [-0.1, -0.05) is 20.8 Å². The Morgan fingerprint density at radius 2 is 2.04 bits per heavy atom. The highest BCUT2D eigenvalue weighted by Gasteiger charge is 2.14. The van der Waals surface area contributed by atoms with E-state index in [0.717, 1.165) is 38.2 Å². The van der Waals surface area contributed by atoms with E-state index in [1.165, 1.54) is 9.75 Å². The Kier molecular flexibility index (Phi) is 7.72. The maximum absolute atomic E-state index is 12.0. The molecule has 0 spiro atoms. The summed E-state index contributed by atoms with van der Waals surface area (Å²) in [6.45, 7) is 12.0. The fourth-order valence-corrected chi connectivity index (χ4v) is 3.51. The van der Waals surface area contributed by atoms with Gasteiger partial charge in [0, 0.05) is 22.8 Å². The SMILES string of the molecule is CCCNC(=O)c1ccc(CN(CCC(C)C)Cc2ccc(C)s2)o1. The zero-order valence-corrected chi connectivity index (χ0v) is 16.6. The Hall–Kier alpha value is -1.59. The van der Waals surface area contributed by atoms with Crippen molar-refractivity contribution in [3.8, 4) is 0 Å². The van der Waals surface area contributed by atoms with Crippen LogP contribution in [0.15, 0.2) is 28.7 Å². The number of nitrogens with one attached hydrogen (secondary N) is 1. The minimum absolute atomic E-state index is 0.129. The van der Waals surface area contributed by atoms with E-state index in [1.807, 2.05) is 24.3 Å². The van der Waals surface area contributed by atoms with Crippen LogP contribution >= 0.6 is 11.3 Å². The normalized spacial score (nSPS) is 11.4. The van der Waals surface area contributed by atoms with E-state index in [1.54, 1.807) is 6.07 Å². The van der Waals surface area contributed by atoms with Crippen molar-refractivity contribution >= 4 is 17.2 Å². The first-order valence-electron chi connectivity index (χ1n) is 9.12. The summed E-state index contributed by atoms with van der Waals surface area (Å²) in [4.78, 5) is 17.1. The van der Waals surface area contributed by atoms with Gasteiger partial charge >= 0.3 is 0 Å². The summed E-state index contributed by atoms with van der Waals surface area (Å²) in [7, 11) is 0. The molecule has 2 aromatic rings. The quantitative estimate of drug-likeness (QED) is 0.658. The molecule has 5 heteroatoms. The van der Waals surface area contributed by atoms with E-state index in [9.17, 15) is 4.79 Å². The fraction of sp³-hybridized carbons (Fsp3) is 0.550. The second-order valence-corrected chi connectivity index (χ2v) is 8.30. The molecule has 0 radical (unpaired) electrons. The summed E-state index contributed by atoms with van der Waals surface area (Å²) in [5.74, 6) is 1.79. The molecule has 0 fully saturated rings. The van der Waals surface area contributed by atoms with Crippen molar-refractivity contribution in [1.29, 1.82) is 0 Å². The molecule has 0 atom stereocenters. The first-order valence-corrected chi connectivity index (χ1v) is 9.94. The lowest BCUT2D eigenvalue weighted by atomic mass is 10.1. The zero-order valence-electron chi connectivity index (χ0n) is 15.8. The van der Waals surface area contributed by atoms with Crippen LogP contribution in [-0.2, 0) is 13.1 Å². The van der Waals surface area contributed by atoms with Gasteiger partial charge in [0.1, 0.15) is 5.76 Å². The minimum Gasteiger partial charge on any atom is -0.455 e. The molecule has 0 aliphatic heterocycles. The van der Waals surface area contributed by atoms with Gasteiger partial charge in [0.25, 0.3) is 5.91 Å². The fourth-order valence-electron chi connectivity index (χ4n) is 2.58. The molecule has 0 unspecified atom stereocenters. The highest BCUT2D eigenvalue weighted by atomic mass is 32.1.